The summed E-state index contributed by atoms with van der Waals surface area (Å²) < 4.78 is 16.5. The highest BCUT2D eigenvalue weighted by atomic mass is 32.1. The molecule has 0 spiro atoms. The Morgan fingerprint density at radius 1 is 1.07 bits per heavy atom. The van der Waals surface area contributed by atoms with Crippen LogP contribution in [0.1, 0.15) is 18.9 Å². The maximum atomic E-state index is 5.67. The van der Waals surface area contributed by atoms with Crippen molar-refractivity contribution in [3.05, 3.63) is 53.4 Å². The average molecular weight is 398 g/mol. The SMILES string of the molecule is CCCOc1ccc(/C=N\Nc2nc(-c3ccccc3OC)cs2)cc1OC. The molecule has 146 valence electrons. The second kappa shape index (κ2) is 9.75. The van der Waals surface area contributed by atoms with E-state index in [1.807, 2.05) is 47.8 Å². The minimum atomic E-state index is 0.657. The summed E-state index contributed by atoms with van der Waals surface area (Å²) in [6.07, 6.45) is 2.66. The zero-order valence-corrected chi connectivity index (χ0v) is 17.0. The average Bonchev–Trinajstić information content (AvgIpc) is 3.21. The maximum Gasteiger partial charge on any atom is 0.203 e. The van der Waals surface area contributed by atoms with E-state index in [2.05, 4.69) is 22.4 Å². The van der Waals surface area contributed by atoms with Crippen molar-refractivity contribution >= 4 is 22.7 Å². The summed E-state index contributed by atoms with van der Waals surface area (Å²) in [6.45, 7) is 2.72. The lowest BCUT2D eigenvalue weighted by atomic mass is 10.1. The molecule has 0 aliphatic carbocycles. The van der Waals surface area contributed by atoms with Crippen molar-refractivity contribution in [2.45, 2.75) is 13.3 Å². The second-order valence-electron chi connectivity index (χ2n) is 5.87. The van der Waals surface area contributed by atoms with Crippen LogP contribution >= 0.6 is 11.3 Å². The van der Waals surface area contributed by atoms with Crippen molar-refractivity contribution in [2.24, 2.45) is 5.10 Å². The summed E-state index contributed by atoms with van der Waals surface area (Å²) in [7, 11) is 3.28. The molecule has 3 rings (SSSR count). The number of nitrogens with one attached hydrogen (secondary N) is 1. The summed E-state index contributed by atoms with van der Waals surface area (Å²) in [5, 5.41) is 6.95. The zero-order valence-electron chi connectivity index (χ0n) is 16.1. The maximum absolute atomic E-state index is 5.67. The quantitative estimate of drug-likeness (QED) is 0.404. The van der Waals surface area contributed by atoms with Crippen LogP contribution in [-0.2, 0) is 0 Å². The van der Waals surface area contributed by atoms with Gasteiger partial charge in [0.15, 0.2) is 11.5 Å². The Labute approximate surface area is 168 Å². The van der Waals surface area contributed by atoms with E-state index in [0.717, 1.165) is 34.7 Å². The fourth-order valence-corrected chi connectivity index (χ4v) is 3.22. The van der Waals surface area contributed by atoms with Gasteiger partial charge < -0.3 is 14.2 Å². The number of para-hydroxylation sites is 1. The Hall–Kier alpha value is -3.06. The van der Waals surface area contributed by atoms with E-state index >= 15 is 0 Å². The Bertz CT molecular complexity index is 940. The molecular formula is C21H23N3O3S. The van der Waals surface area contributed by atoms with Crippen LogP contribution in [0.25, 0.3) is 11.3 Å². The molecule has 3 aromatic rings. The Morgan fingerprint density at radius 3 is 2.68 bits per heavy atom. The minimum Gasteiger partial charge on any atom is -0.496 e. The van der Waals surface area contributed by atoms with Gasteiger partial charge in [-0.05, 0) is 42.3 Å². The molecule has 0 saturated carbocycles. The summed E-state index contributed by atoms with van der Waals surface area (Å²) >= 11 is 1.48. The molecule has 0 bridgehead atoms. The highest BCUT2D eigenvalue weighted by molar-refractivity contribution is 7.14. The summed E-state index contributed by atoms with van der Waals surface area (Å²) in [6, 6.07) is 13.5. The standard InChI is InChI=1S/C21H23N3O3S/c1-4-11-27-19-10-9-15(12-20(19)26-3)13-22-24-21-23-17(14-28-21)16-7-5-6-8-18(16)25-2/h5-10,12-14H,4,11H2,1-3H3,(H,23,24)/b22-13-. The molecule has 2 aromatic carbocycles. The molecule has 7 heteroatoms. The smallest absolute Gasteiger partial charge is 0.203 e. The molecule has 0 amide bonds. The lowest BCUT2D eigenvalue weighted by Gasteiger charge is -2.10. The molecule has 0 aliphatic rings. The number of methoxy groups -OCH3 is 2. The first-order chi connectivity index (χ1) is 13.7. The number of hydrogen-bond donors (Lipinski definition) is 1. The highest BCUT2D eigenvalue weighted by Crippen LogP contribution is 2.32. The van der Waals surface area contributed by atoms with E-state index in [0.29, 0.717) is 17.5 Å². The largest absolute Gasteiger partial charge is 0.496 e. The van der Waals surface area contributed by atoms with Gasteiger partial charge in [0.05, 0.1) is 32.7 Å². The van der Waals surface area contributed by atoms with E-state index in [1.54, 1.807) is 20.4 Å². The van der Waals surface area contributed by atoms with Crippen LogP contribution < -0.4 is 19.6 Å². The van der Waals surface area contributed by atoms with Crippen LogP contribution in [0, 0.1) is 0 Å². The topological polar surface area (TPSA) is 65.0 Å². The number of hydrazone groups is 1. The first kappa shape index (κ1) is 19.7. The van der Waals surface area contributed by atoms with E-state index in [-0.39, 0.29) is 0 Å². The van der Waals surface area contributed by atoms with Gasteiger partial charge in [-0.2, -0.15) is 5.10 Å². The number of rotatable bonds is 9. The van der Waals surface area contributed by atoms with Gasteiger partial charge in [0.1, 0.15) is 5.75 Å². The van der Waals surface area contributed by atoms with Crippen molar-refractivity contribution in [3.63, 3.8) is 0 Å². The number of benzene rings is 2. The first-order valence-corrected chi connectivity index (χ1v) is 9.82. The van der Waals surface area contributed by atoms with E-state index in [1.165, 1.54) is 11.3 Å². The molecule has 0 atom stereocenters. The summed E-state index contributed by atoms with van der Waals surface area (Å²) in [4.78, 5) is 4.57. The molecule has 1 N–H and O–H groups in total. The second-order valence-corrected chi connectivity index (χ2v) is 6.73. The molecule has 28 heavy (non-hydrogen) atoms. The molecule has 1 heterocycles. The summed E-state index contributed by atoms with van der Waals surface area (Å²) in [5.74, 6) is 2.21. The number of nitrogens with zero attached hydrogens (tertiary/aromatic N) is 2. The van der Waals surface area contributed by atoms with Crippen molar-refractivity contribution < 1.29 is 14.2 Å². The van der Waals surface area contributed by atoms with Crippen molar-refractivity contribution in [2.75, 3.05) is 26.3 Å². The van der Waals surface area contributed by atoms with Gasteiger partial charge in [-0.3, -0.25) is 5.43 Å². The van der Waals surface area contributed by atoms with Crippen molar-refractivity contribution in [1.82, 2.24) is 4.98 Å². The molecule has 0 fully saturated rings. The molecule has 0 saturated heterocycles. The van der Waals surface area contributed by atoms with Gasteiger partial charge in [0.25, 0.3) is 0 Å². The number of anilines is 1. The van der Waals surface area contributed by atoms with Gasteiger partial charge in [-0.1, -0.05) is 19.1 Å². The third-order valence-electron chi connectivity index (χ3n) is 3.91. The normalized spacial score (nSPS) is 10.8. The van der Waals surface area contributed by atoms with E-state index in [4.69, 9.17) is 14.2 Å². The van der Waals surface area contributed by atoms with Gasteiger partial charge in [-0.25, -0.2) is 4.98 Å². The molecule has 0 aliphatic heterocycles. The van der Waals surface area contributed by atoms with Gasteiger partial charge in [0.2, 0.25) is 5.13 Å². The molecular weight excluding hydrogens is 374 g/mol. The molecule has 0 radical (unpaired) electrons. The fraction of sp³-hybridized carbons (Fsp3) is 0.238. The lowest BCUT2D eigenvalue weighted by Crippen LogP contribution is -1.98. The minimum absolute atomic E-state index is 0.657. The summed E-state index contributed by atoms with van der Waals surface area (Å²) in [5.41, 5.74) is 5.67. The number of thiazole rings is 1. The third-order valence-corrected chi connectivity index (χ3v) is 4.66. The number of ether oxygens (including phenoxy) is 3. The van der Waals surface area contributed by atoms with Crippen LogP contribution in [0.3, 0.4) is 0 Å². The monoisotopic (exact) mass is 397 g/mol. The third kappa shape index (κ3) is 4.80. The van der Waals surface area contributed by atoms with Crippen molar-refractivity contribution in [3.8, 4) is 28.5 Å². The van der Waals surface area contributed by atoms with Crippen molar-refractivity contribution in [1.29, 1.82) is 0 Å². The Morgan fingerprint density at radius 2 is 1.89 bits per heavy atom. The van der Waals surface area contributed by atoms with Crippen LogP contribution in [-0.4, -0.2) is 32.0 Å². The van der Waals surface area contributed by atoms with Gasteiger partial charge in [0, 0.05) is 10.9 Å². The fourth-order valence-electron chi connectivity index (χ4n) is 2.56. The van der Waals surface area contributed by atoms with Crippen LogP contribution in [0.15, 0.2) is 52.9 Å². The Kier molecular flexibility index (Phi) is 6.86. The predicted molar refractivity (Wildman–Crippen MR) is 114 cm³/mol. The van der Waals surface area contributed by atoms with Crippen LogP contribution in [0.5, 0.6) is 17.2 Å². The Balaban J connectivity index is 1.67. The van der Waals surface area contributed by atoms with Gasteiger partial charge in [-0.15, -0.1) is 11.3 Å². The number of hydrogen-bond acceptors (Lipinski definition) is 7. The highest BCUT2D eigenvalue weighted by Gasteiger charge is 2.09. The lowest BCUT2D eigenvalue weighted by molar-refractivity contribution is 0.294. The zero-order chi connectivity index (χ0) is 19.8. The first-order valence-electron chi connectivity index (χ1n) is 8.94. The van der Waals surface area contributed by atoms with E-state index < -0.39 is 0 Å². The molecule has 0 unspecified atom stereocenters. The van der Waals surface area contributed by atoms with Gasteiger partial charge >= 0.3 is 0 Å². The number of aromatic nitrogens is 1. The molecule has 6 nitrogen and oxygen atoms in total. The predicted octanol–water partition coefficient (Wildman–Crippen LogP) is 5.06. The van der Waals surface area contributed by atoms with Crippen LogP contribution in [0.2, 0.25) is 0 Å². The molecule has 1 aromatic heterocycles. The van der Waals surface area contributed by atoms with E-state index in [9.17, 15) is 0 Å². The van der Waals surface area contributed by atoms with Crippen LogP contribution in [0.4, 0.5) is 5.13 Å².